The molecular formula is C15H18F2N4. The van der Waals surface area contributed by atoms with Crippen molar-refractivity contribution in [3.05, 3.63) is 47.8 Å². The van der Waals surface area contributed by atoms with Gasteiger partial charge in [-0.05, 0) is 25.3 Å². The van der Waals surface area contributed by atoms with Crippen LogP contribution in [0.15, 0.2) is 36.5 Å². The number of hydrogen-bond acceptors (Lipinski definition) is 3. The molecule has 112 valence electrons. The lowest BCUT2D eigenvalue weighted by molar-refractivity contribution is -0.0258. The van der Waals surface area contributed by atoms with E-state index in [1.807, 2.05) is 0 Å². The van der Waals surface area contributed by atoms with Gasteiger partial charge >= 0.3 is 0 Å². The predicted octanol–water partition coefficient (Wildman–Crippen LogP) is 2.57. The second kappa shape index (κ2) is 5.89. The van der Waals surface area contributed by atoms with Gasteiger partial charge in [0.05, 0.1) is 11.9 Å². The molecule has 1 aliphatic carbocycles. The van der Waals surface area contributed by atoms with Gasteiger partial charge < -0.3 is 5.32 Å². The molecule has 1 aromatic carbocycles. The molecule has 0 amide bonds. The monoisotopic (exact) mass is 292 g/mol. The lowest BCUT2D eigenvalue weighted by atomic mass is 10.1. The van der Waals surface area contributed by atoms with Gasteiger partial charge in [0, 0.05) is 12.1 Å². The molecule has 0 unspecified atom stereocenters. The van der Waals surface area contributed by atoms with Gasteiger partial charge in [0.15, 0.2) is 0 Å². The molecule has 1 aliphatic rings. The van der Waals surface area contributed by atoms with Crippen LogP contribution >= 0.6 is 0 Å². The zero-order valence-corrected chi connectivity index (χ0v) is 11.7. The van der Waals surface area contributed by atoms with Crippen LogP contribution in [0.1, 0.15) is 24.1 Å². The zero-order chi connectivity index (χ0) is 14.7. The fraction of sp³-hybridized carbons (Fsp3) is 0.467. The van der Waals surface area contributed by atoms with Crippen LogP contribution in [0, 0.1) is 5.92 Å². The van der Waals surface area contributed by atoms with Gasteiger partial charge in [-0.25, -0.2) is 4.68 Å². The third kappa shape index (κ3) is 3.85. The van der Waals surface area contributed by atoms with Crippen molar-refractivity contribution in [3.8, 4) is 0 Å². The van der Waals surface area contributed by atoms with Gasteiger partial charge in [-0.2, -0.15) is 8.78 Å². The van der Waals surface area contributed by atoms with Crippen LogP contribution in [0.25, 0.3) is 0 Å². The summed E-state index contributed by atoms with van der Waals surface area (Å²) in [6.45, 7) is 1.05. The van der Waals surface area contributed by atoms with Crippen molar-refractivity contribution in [1.82, 2.24) is 20.3 Å². The number of benzene rings is 1. The highest BCUT2D eigenvalue weighted by Crippen LogP contribution is 2.29. The maximum atomic E-state index is 14.1. The molecule has 4 nitrogen and oxygen atoms in total. The van der Waals surface area contributed by atoms with E-state index >= 15 is 0 Å². The zero-order valence-electron chi connectivity index (χ0n) is 11.7. The van der Waals surface area contributed by atoms with E-state index < -0.39 is 12.5 Å². The van der Waals surface area contributed by atoms with Crippen molar-refractivity contribution in [2.75, 3.05) is 6.54 Å². The summed E-state index contributed by atoms with van der Waals surface area (Å²) < 4.78 is 29.4. The Morgan fingerprint density at radius 3 is 2.71 bits per heavy atom. The first-order valence-electron chi connectivity index (χ1n) is 7.16. The summed E-state index contributed by atoms with van der Waals surface area (Å²) in [6, 6.07) is 7.79. The molecule has 1 aromatic heterocycles. The van der Waals surface area contributed by atoms with Gasteiger partial charge in [-0.3, -0.25) is 0 Å². The summed E-state index contributed by atoms with van der Waals surface area (Å²) in [5.41, 5.74) is 0.688. The SMILES string of the molecule is FC(F)(Cn1cc(CNCC2CC2)nn1)c1ccccc1. The number of nitrogens with one attached hydrogen (secondary N) is 1. The third-order valence-corrected chi connectivity index (χ3v) is 3.58. The number of rotatable bonds is 7. The Labute approximate surface area is 122 Å². The van der Waals surface area contributed by atoms with Crippen LogP contribution in [-0.4, -0.2) is 21.5 Å². The molecular weight excluding hydrogens is 274 g/mol. The first kappa shape index (κ1) is 14.1. The topological polar surface area (TPSA) is 42.7 Å². The van der Waals surface area contributed by atoms with Crippen molar-refractivity contribution in [2.24, 2.45) is 5.92 Å². The molecule has 1 N–H and O–H groups in total. The third-order valence-electron chi connectivity index (χ3n) is 3.58. The molecule has 3 rings (SSSR count). The summed E-state index contributed by atoms with van der Waals surface area (Å²) in [4.78, 5) is 0. The fourth-order valence-electron chi connectivity index (χ4n) is 2.20. The molecule has 0 aliphatic heterocycles. The largest absolute Gasteiger partial charge is 0.311 e. The quantitative estimate of drug-likeness (QED) is 0.853. The van der Waals surface area contributed by atoms with Crippen LogP contribution < -0.4 is 5.32 Å². The van der Waals surface area contributed by atoms with Gasteiger partial charge in [0.25, 0.3) is 5.92 Å². The van der Waals surface area contributed by atoms with E-state index in [0.717, 1.165) is 12.5 Å². The highest BCUT2D eigenvalue weighted by Gasteiger charge is 2.32. The molecule has 0 saturated heterocycles. The highest BCUT2D eigenvalue weighted by molar-refractivity contribution is 5.19. The van der Waals surface area contributed by atoms with E-state index in [4.69, 9.17) is 0 Å². The van der Waals surface area contributed by atoms with Crippen LogP contribution in [-0.2, 0) is 19.0 Å². The van der Waals surface area contributed by atoms with Gasteiger partial charge in [0.2, 0.25) is 0 Å². The van der Waals surface area contributed by atoms with Crippen LogP contribution in [0.2, 0.25) is 0 Å². The van der Waals surface area contributed by atoms with Gasteiger partial charge in [-0.1, -0.05) is 35.5 Å². The molecule has 0 spiro atoms. The smallest absolute Gasteiger partial charge is 0.292 e. The molecule has 0 radical (unpaired) electrons. The van der Waals surface area contributed by atoms with Gasteiger partial charge in [-0.15, -0.1) is 5.10 Å². The van der Waals surface area contributed by atoms with Crippen molar-refractivity contribution in [2.45, 2.75) is 31.9 Å². The van der Waals surface area contributed by atoms with E-state index in [9.17, 15) is 8.78 Å². The number of hydrogen-bond donors (Lipinski definition) is 1. The molecule has 1 heterocycles. The van der Waals surface area contributed by atoms with Crippen LogP contribution in [0.5, 0.6) is 0 Å². The average molecular weight is 292 g/mol. The number of alkyl halides is 2. The standard InChI is InChI=1S/C15H18F2N4/c16-15(17,13-4-2-1-3-5-13)11-21-10-14(19-20-21)9-18-8-12-6-7-12/h1-5,10,12,18H,6-9,11H2. The Bertz CT molecular complexity index is 578. The minimum Gasteiger partial charge on any atom is -0.311 e. The minimum atomic E-state index is -2.95. The molecule has 6 heteroatoms. The second-order valence-electron chi connectivity index (χ2n) is 5.55. The van der Waals surface area contributed by atoms with Crippen molar-refractivity contribution < 1.29 is 8.78 Å². The Morgan fingerprint density at radius 1 is 1.24 bits per heavy atom. The first-order chi connectivity index (χ1) is 10.1. The van der Waals surface area contributed by atoms with Crippen molar-refractivity contribution in [3.63, 3.8) is 0 Å². The number of nitrogens with zero attached hydrogens (tertiary/aromatic N) is 3. The summed E-state index contributed by atoms with van der Waals surface area (Å²) in [6.07, 6.45) is 4.14. The molecule has 21 heavy (non-hydrogen) atoms. The van der Waals surface area contributed by atoms with Gasteiger partial charge in [0.1, 0.15) is 6.54 Å². The fourth-order valence-corrected chi connectivity index (χ4v) is 2.20. The van der Waals surface area contributed by atoms with Crippen molar-refractivity contribution >= 4 is 0 Å². The van der Waals surface area contributed by atoms with E-state index in [-0.39, 0.29) is 5.56 Å². The van der Waals surface area contributed by atoms with Crippen LogP contribution in [0.3, 0.4) is 0 Å². The Morgan fingerprint density at radius 2 is 2.00 bits per heavy atom. The van der Waals surface area contributed by atoms with Crippen molar-refractivity contribution in [1.29, 1.82) is 0 Å². The maximum absolute atomic E-state index is 14.1. The molecule has 1 fully saturated rings. The molecule has 2 aromatic rings. The number of aromatic nitrogens is 3. The number of halogens is 2. The average Bonchev–Trinajstić information content (AvgIpc) is 3.20. The van der Waals surface area contributed by atoms with E-state index in [1.54, 1.807) is 24.4 Å². The lowest BCUT2D eigenvalue weighted by Gasteiger charge is -2.16. The van der Waals surface area contributed by atoms with E-state index in [0.29, 0.717) is 12.2 Å². The highest BCUT2D eigenvalue weighted by atomic mass is 19.3. The summed E-state index contributed by atoms with van der Waals surface area (Å²) in [5.74, 6) is -2.17. The predicted molar refractivity (Wildman–Crippen MR) is 74.8 cm³/mol. The molecule has 0 atom stereocenters. The summed E-state index contributed by atoms with van der Waals surface area (Å²) in [7, 11) is 0. The lowest BCUT2D eigenvalue weighted by Crippen LogP contribution is -2.21. The minimum absolute atomic E-state index is 0.00564. The van der Waals surface area contributed by atoms with E-state index in [1.165, 1.54) is 29.7 Å². The van der Waals surface area contributed by atoms with Crippen LogP contribution in [0.4, 0.5) is 8.78 Å². The Kier molecular flexibility index (Phi) is 3.96. The first-order valence-corrected chi connectivity index (χ1v) is 7.16. The molecule has 0 bridgehead atoms. The second-order valence-corrected chi connectivity index (χ2v) is 5.55. The summed E-state index contributed by atoms with van der Waals surface area (Å²) in [5, 5.41) is 11.0. The molecule has 1 saturated carbocycles. The summed E-state index contributed by atoms with van der Waals surface area (Å²) >= 11 is 0. The Hall–Kier alpha value is -1.82. The maximum Gasteiger partial charge on any atom is 0.292 e. The Balaban J connectivity index is 1.58. The van der Waals surface area contributed by atoms with E-state index in [2.05, 4.69) is 15.6 Å². The normalized spacial score (nSPS) is 15.3.